The molecule has 1 nitrogen and oxygen atoms in total. The lowest BCUT2D eigenvalue weighted by Crippen LogP contribution is -2.05. The molecule has 1 heteroatoms. The van der Waals surface area contributed by atoms with Gasteiger partial charge in [0.2, 0.25) is 0 Å². The molecule has 0 bridgehead atoms. The van der Waals surface area contributed by atoms with Crippen molar-refractivity contribution in [2.75, 3.05) is 0 Å². The van der Waals surface area contributed by atoms with Gasteiger partial charge in [-0.2, -0.15) is 0 Å². The molecule has 0 rings (SSSR count). The first-order valence-corrected chi connectivity index (χ1v) is 7.49. The van der Waals surface area contributed by atoms with Crippen molar-refractivity contribution in [3.05, 3.63) is 12.2 Å². The molecule has 0 aromatic carbocycles. The Morgan fingerprint density at radius 1 is 0.941 bits per heavy atom. The summed E-state index contributed by atoms with van der Waals surface area (Å²) in [7, 11) is 0. The molecule has 0 saturated heterocycles. The highest BCUT2D eigenvalue weighted by Gasteiger charge is 2.03. The molecule has 0 amide bonds. The van der Waals surface area contributed by atoms with E-state index >= 15 is 0 Å². The topological polar surface area (TPSA) is 20.2 Å². The van der Waals surface area contributed by atoms with Gasteiger partial charge in [-0.15, -0.1) is 6.58 Å². The lowest BCUT2D eigenvalue weighted by molar-refractivity contribution is 0.148. The second-order valence-electron chi connectivity index (χ2n) is 5.41. The van der Waals surface area contributed by atoms with Crippen molar-refractivity contribution in [2.24, 2.45) is 0 Å². The van der Waals surface area contributed by atoms with Crippen molar-refractivity contribution in [3.63, 3.8) is 0 Å². The zero-order valence-electron chi connectivity index (χ0n) is 12.0. The fourth-order valence-corrected chi connectivity index (χ4v) is 2.12. The lowest BCUT2D eigenvalue weighted by Gasteiger charge is -2.10. The Bertz CT molecular complexity index is 174. The number of hydrogen-bond donors (Lipinski definition) is 1. The van der Waals surface area contributed by atoms with Crippen molar-refractivity contribution in [1.29, 1.82) is 0 Å². The van der Waals surface area contributed by atoms with Crippen LogP contribution >= 0.6 is 0 Å². The molecule has 0 saturated carbocycles. The average Bonchev–Trinajstić information content (AvgIpc) is 2.27. The van der Waals surface area contributed by atoms with Crippen LogP contribution in [-0.4, -0.2) is 11.2 Å². The van der Waals surface area contributed by atoms with Crippen molar-refractivity contribution in [2.45, 2.75) is 90.6 Å². The Balaban J connectivity index is 3.16. The summed E-state index contributed by atoms with van der Waals surface area (Å²) < 4.78 is 0. The van der Waals surface area contributed by atoms with Crippen LogP contribution in [0.15, 0.2) is 12.2 Å². The molecule has 0 spiro atoms. The van der Waals surface area contributed by atoms with Crippen LogP contribution in [0.25, 0.3) is 0 Å². The van der Waals surface area contributed by atoms with E-state index in [0.29, 0.717) is 0 Å². The summed E-state index contributed by atoms with van der Waals surface area (Å²) >= 11 is 0. The zero-order valence-corrected chi connectivity index (χ0v) is 12.0. The number of rotatable bonds is 12. The van der Waals surface area contributed by atoms with Gasteiger partial charge in [0, 0.05) is 0 Å². The molecular formula is C16H32O. The van der Waals surface area contributed by atoms with Crippen LogP contribution in [0, 0.1) is 0 Å². The van der Waals surface area contributed by atoms with E-state index in [4.69, 9.17) is 0 Å². The summed E-state index contributed by atoms with van der Waals surface area (Å²) in [6.07, 6.45) is 13.3. The number of hydrogen-bond acceptors (Lipinski definition) is 1. The smallest absolute Gasteiger partial charge is 0.0540 e. The van der Waals surface area contributed by atoms with Gasteiger partial charge in [0.25, 0.3) is 0 Å². The maximum atomic E-state index is 9.77. The molecule has 102 valence electrons. The minimum Gasteiger partial charge on any atom is -0.393 e. The first-order valence-electron chi connectivity index (χ1n) is 7.49. The maximum absolute atomic E-state index is 9.77. The first kappa shape index (κ1) is 16.7. The van der Waals surface area contributed by atoms with Gasteiger partial charge in [0.15, 0.2) is 0 Å². The minimum absolute atomic E-state index is 0.0787. The number of unbranched alkanes of at least 4 members (excludes halogenated alkanes) is 6. The molecule has 0 radical (unpaired) electrons. The van der Waals surface area contributed by atoms with Crippen LogP contribution in [-0.2, 0) is 0 Å². The van der Waals surface area contributed by atoms with Crippen molar-refractivity contribution < 1.29 is 5.11 Å². The maximum Gasteiger partial charge on any atom is 0.0540 e. The van der Waals surface area contributed by atoms with Crippen molar-refractivity contribution >= 4 is 0 Å². The van der Waals surface area contributed by atoms with E-state index in [1.54, 1.807) is 0 Å². The fraction of sp³-hybridized carbons (Fsp3) is 0.875. The Hall–Kier alpha value is -0.300. The van der Waals surface area contributed by atoms with E-state index in [0.717, 1.165) is 25.7 Å². The molecule has 0 aromatic heterocycles. The Kier molecular flexibility index (Phi) is 12.0. The third-order valence-corrected chi connectivity index (χ3v) is 3.28. The Morgan fingerprint density at radius 3 is 2.06 bits per heavy atom. The van der Waals surface area contributed by atoms with E-state index in [1.807, 2.05) is 0 Å². The Labute approximate surface area is 108 Å². The second-order valence-corrected chi connectivity index (χ2v) is 5.41. The summed E-state index contributed by atoms with van der Waals surface area (Å²) in [6.45, 7) is 8.19. The molecule has 1 N–H and O–H groups in total. The first-order chi connectivity index (χ1) is 8.16. The predicted octanol–water partition coefficient (Wildman–Crippen LogP) is 5.23. The van der Waals surface area contributed by atoms with Gasteiger partial charge in [0.1, 0.15) is 0 Å². The SMILES string of the molecule is C=C(C)CCCC(O)CCCCCCCCC. The van der Waals surface area contributed by atoms with Crippen molar-refractivity contribution in [1.82, 2.24) is 0 Å². The molecule has 0 aliphatic rings. The zero-order chi connectivity index (χ0) is 12.9. The standard InChI is InChI=1S/C16H32O/c1-4-5-6-7-8-9-10-13-16(17)14-11-12-15(2)3/h16-17H,2,4-14H2,1,3H3. The van der Waals surface area contributed by atoms with Crippen LogP contribution in [0.2, 0.25) is 0 Å². The second kappa shape index (κ2) is 12.2. The number of aliphatic hydroxyl groups excluding tert-OH is 1. The molecule has 0 aromatic rings. The van der Waals surface area contributed by atoms with Gasteiger partial charge in [-0.1, -0.05) is 57.4 Å². The predicted molar refractivity (Wildman–Crippen MR) is 77.3 cm³/mol. The quantitative estimate of drug-likeness (QED) is 0.365. The normalized spacial score (nSPS) is 12.6. The molecule has 1 atom stereocenters. The van der Waals surface area contributed by atoms with Crippen LogP contribution in [0.4, 0.5) is 0 Å². The van der Waals surface area contributed by atoms with Gasteiger partial charge in [-0.25, -0.2) is 0 Å². The largest absolute Gasteiger partial charge is 0.393 e. The van der Waals surface area contributed by atoms with E-state index < -0.39 is 0 Å². The van der Waals surface area contributed by atoms with Gasteiger partial charge in [0.05, 0.1) is 6.10 Å². The van der Waals surface area contributed by atoms with E-state index in [-0.39, 0.29) is 6.10 Å². The molecule has 0 aliphatic carbocycles. The van der Waals surface area contributed by atoms with Crippen LogP contribution in [0.3, 0.4) is 0 Å². The third kappa shape index (κ3) is 13.6. The summed E-state index contributed by atoms with van der Waals surface area (Å²) in [5, 5.41) is 9.77. The van der Waals surface area contributed by atoms with Gasteiger partial charge >= 0.3 is 0 Å². The van der Waals surface area contributed by atoms with Gasteiger partial charge in [-0.3, -0.25) is 0 Å². The van der Waals surface area contributed by atoms with Crippen LogP contribution in [0.1, 0.15) is 84.5 Å². The van der Waals surface area contributed by atoms with E-state index in [9.17, 15) is 5.11 Å². The van der Waals surface area contributed by atoms with Crippen LogP contribution < -0.4 is 0 Å². The van der Waals surface area contributed by atoms with Gasteiger partial charge in [-0.05, 0) is 32.6 Å². The highest BCUT2D eigenvalue weighted by atomic mass is 16.3. The van der Waals surface area contributed by atoms with Gasteiger partial charge < -0.3 is 5.11 Å². The number of allylic oxidation sites excluding steroid dienone is 1. The summed E-state index contributed by atoms with van der Waals surface area (Å²) in [6, 6.07) is 0. The summed E-state index contributed by atoms with van der Waals surface area (Å²) in [5.74, 6) is 0. The fourth-order valence-electron chi connectivity index (χ4n) is 2.12. The summed E-state index contributed by atoms with van der Waals surface area (Å²) in [4.78, 5) is 0. The molecule has 1 unspecified atom stereocenters. The monoisotopic (exact) mass is 240 g/mol. The molecule has 0 heterocycles. The highest BCUT2D eigenvalue weighted by Crippen LogP contribution is 2.13. The average molecular weight is 240 g/mol. The highest BCUT2D eigenvalue weighted by molar-refractivity contribution is 4.87. The molecular weight excluding hydrogens is 208 g/mol. The third-order valence-electron chi connectivity index (χ3n) is 3.28. The number of aliphatic hydroxyl groups is 1. The lowest BCUT2D eigenvalue weighted by atomic mass is 10.0. The van der Waals surface area contributed by atoms with E-state index in [2.05, 4.69) is 20.4 Å². The van der Waals surface area contributed by atoms with Crippen molar-refractivity contribution in [3.8, 4) is 0 Å². The minimum atomic E-state index is -0.0787. The Morgan fingerprint density at radius 2 is 1.47 bits per heavy atom. The van der Waals surface area contributed by atoms with Crippen LogP contribution in [0.5, 0.6) is 0 Å². The molecule has 0 fully saturated rings. The van der Waals surface area contributed by atoms with E-state index in [1.165, 1.54) is 50.5 Å². The summed E-state index contributed by atoms with van der Waals surface area (Å²) in [5.41, 5.74) is 1.23. The molecule has 17 heavy (non-hydrogen) atoms. The molecule has 0 aliphatic heterocycles.